The van der Waals surface area contributed by atoms with E-state index in [1.54, 1.807) is 12.4 Å². The molecule has 146 valence electrons. The summed E-state index contributed by atoms with van der Waals surface area (Å²) >= 11 is 0. The maximum absolute atomic E-state index is 13.1. The van der Waals surface area contributed by atoms with Crippen molar-refractivity contribution in [2.45, 2.75) is 38.6 Å². The van der Waals surface area contributed by atoms with Crippen LogP contribution in [0.4, 0.5) is 0 Å². The molecule has 2 aromatic rings. The van der Waals surface area contributed by atoms with Crippen LogP contribution in [0.2, 0.25) is 0 Å². The lowest BCUT2D eigenvalue weighted by molar-refractivity contribution is -0.145. The highest BCUT2D eigenvalue weighted by Gasteiger charge is 2.58. The average Bonchev–Trinajstić information content (AvgIpc) is 3.56. The van der Waals surface area contributed by atoms with Gasteiger partial charge in [-0.2, -0.15) is 0 Å². The summed E-state index contributed by atoms with van der Waals surface area (Å²) in [7, 11) is 0. The van der Waals surface area contributed by atoms with Gasteiger partial charge in [0.2, 0.25) is 11.8 Å². The topological polar surface area (TPSA) is 62.3 Å². The van der Waals surface area contributed by atoms with Crippen molar-refractivity contribution in [1.82, 2.24) is 15.2 Å². The number of carbonyl (C=O) groups excluding carboxylic acids is 2. The van der Waals surface area contributed by atoms with Crippen LogP contribution in [0.15, 0.2) is 54.9 Å². The van der Waals surface area contributed by atoms with Gasteiger partial charge in [0.15, 0.2) is 0 Å². The fourth-order valence-electron chi connectivity index (χ4n) is 4.11. The van der Waals surface area contributed by atoms with Gasteiger partial charge in [0.1, 0.15) is 5.41 Å². The number of piperidine rings is 1. The van der Waals surface area contributed by atoms with Crippen molar-refractivity contribution in [3.8, 4) is 0 Å². The minimum atomic E-state index is -0.820. The molecule has 0 bridgehead atoms. The Balaban J connectivity index is 1.29. The van der Waals surface area contributed by atoms with Crippen LogP contribution in [0.1, 0.15) is 36.8 Å². The van der Waals surface area contributed by atoms with E-state index in [0.29, 0.717) is 25.3 Å². The van der Waals surface area contributed by atoms with Gasteiger partial charge in [-0.25, -0.2) is 0 Å². The average molecular weight is 377 g/mol. The van der Waals surface area contributed by atoms with Gasteiger partial charge in [0.25, 0.3) is 0 Å². The molecule has 0 unspecified atom stereocenters. The SMILES string of the molecule is O=C(NCc1ccncc1)C1(C(=O)N2CCC(Cc3ccccc3)CC2)CC1. The predicted molar refractivity (Wildman–Crippen MR) is 107 cm³/mol. The van der Waals surface area contributed by atoms with Crippen molar-refractivity contribution in [3.63, 3.8) is 0 Å². The van der Waals surface area contributed by atoms with Gasteiger partial charge in [-0.3, -0.25) is 14.6 Å². The first-order valence-corrected chi connectivity index (χ1v) is 10.2. The lowest BCUT2D eigenvalue weighted by atomic mass is 9.89. The van der Waals surface area contributed by atoms with E-state index in [9.17, 15) is 9.59 Å². The molecule has 28 heavy (non-hydrogen) atoms. The molecule has 0 atom stereocenters. The largest absolute Gasteiger partial charge is 0.351 e. The number of likely N-dealkylation sites (tertiary alicyclic amines) is 1. The Labute approximate surface area is 166 Å². The fourth-order valence-corrected chi connectivity index (χ4v) is 4.11. The molecular weight excluding hydrogens is 350 g/mol. The second kappa shape index (κ2) is 8.13. The number of rotatable bonds is 6. The maximum atomic E-state index is 13.1. The number of carbonyl (C=O) groups is 2. The molecule has 5 heteroatoms. The van der Waals surface area contributed by atoms with Crippen LogP contribution < -0.4 is 5.32 Å². The van der Waals surface area contributed by atoms with Gasteiger partial charge >= 0.3 is 0 Å². The van der Waals surface area contributed by atoms with Crippen molar-refractivity contribution in [2.75, 3.05) is 13.1 Å². The summed E-state index contributed by atoms with van der Waals surface area (Å²) in [6, 6.07) is 14.3. The summed E-state index contributed by atoms with van der Waals surface area (Å²) < 4.78 is 0. The normalized spacial score (nSPS) is 18.5. The van der Waals surface area contributed by atoms with Crippen LogP contribution in [0.5, 0.6) is 0 Å². The van der Waals surface area contributed by atoms with Gasteiger partial charge in [-0.05, 0) is 61.3 Å². The van der Waals surface area contributed by atoms with Gasteiger partial charge < -0.3 is 10.2 Å². The molecule has 1 aromatic carbocycles. The molecule has 0 radical (unpaired) electrons. The van der Waals surface area contributed by atoms with E-state index in [1.165, 1.54) is 5.56 Å². The molecule has 2 aliphatic rings. The molecular formula is C23H27N3O2. The Hall–Kier alpha value is -2.69. The van der Waals surface area contributed by atoms with E-state index in [1.807, 2.05) is 23.1 Å². The number of nitrogens with one attached hydrogen (secondary N) is 1. The van der Waals surface area contributed by atoms with Crippen LogP contribution in [-0.2, 0) is 22.6 Å². The molecule has 1 aliphatic heterocycles. The lowest BCUT2D eigenvalue weighted by Gasteiger charge is -2.34. The first kappa shape index (κ1) is 18.7. The van der Waals surface area contributed by atoms with Crippen molar-refractivity contribution >= 4 is 11.8 Å². The Morgan fingerprint density at radius 1 is 1.00 bits per heavy atom. The molecule has 1 aliphatic carbocycles. The van der Waals surface area contributed by atoms with Crippen LogP contribution in [0, 0.1) is 11.3 Å². The van der Waals surface area contributed by atoms with E-state index in [-0.39, 0.29) is 11.8 Å². The molecule has 1 N–H and O–H groups in total. The molecule has 0 spiro atoms. The Morgan fingerprint density at radius 2 is 1.68 bits per heavy atom. The van der Waals surface area contributed by atoms with E-state index in [4.69, 9.17) is 0 Å². The number of aromatic nitrogens is 1. The zero-order valence-corrected chi connectivity index (χ0v) is 16.1. The van der Waals surface area contributed by atoms with E-state index in [0.717, 1.165) is 37.9 Å². The number of amides is 2. The number of benzene rings is 1. The highest BCUT2D eigenvalue weighted by Crippen LogP contribution is 2.48. The van der Waals surface area contributed by atoms with E-state index >= 15 is 0 Å². The Kier molecular flexibility index (Phi) is 5.42. The summed E-state index contributed by atoms with van der Waals surface area (Å²) in [5, 5.41) is 2.95. The first-order valence-electron chi connectivity index (χ1n) is 10.2. The first-order chi connectivity index (χ1) is 13.7. The Bertz CT molecular complexity index is 810. The van der Waals surface area contributed by atoms with Crippen molar-refractivity contribution in [3.05, 3.63) is 66.0 Å². The minimum absolute atomic E-state index is 0.0258. The highest BCUT2D eigenvalue weighted by atomic mass is 16.2. The second-order valence-electron chi connectivity index (χ2n) is 8.05. The smallest absolute Gasteiger partial charge is 0.238 e. The molecule has 4 rings (SSSR count). The quantitative estimate of drug-likeness (QED) is 0.788. The predicted octanol–water partition coefficient (Wildman–Crippen LogP) is 2.96. The minimum Gasteiger partial charge on any atom is -0.351 e. The van der Waals surface area contributed by atoms with Crippen molar-refractivity contribution in [1.29, 1.82) is 0 Å². The van der Waals surface area contributed by atoms with Crippen LogP contribution in [-0.4, -0.2) is 34.8 Å². The van der Waals surface area contributed by atoms with Crippen molar-refractivity contribution < 1.29 is 9.59 Å². The third-order valence-electron chi connectivity index (χ3n) is 6.07. The van der Waals surface area contributed by atoms with Crippen LogP contribution in [0.3, 0.4) is 0 Å². The molecule has 2 heterocycles. The van der Waals surface area contributed by atoms with E-state index in [2.05, 4.69) is 34.6 Å². The highest BCUT2D eigenvalue weighted by molar-refractivity contribution is 6.07. The standard InChI is InChI=1S/C23H27N3O2/c27-21(25-17-20-6-12-24-13-7-20)23(10-11-23)22(28)26-14-8-19(9-15-26)16-18-4-2-1-3-5-18/h1-7,12-13,19H,8-11,14-17H2,(H,25,27). The summed E-state index contributed by atoms with van der Waals surface area (Å²) in [6.45, 7) is 1.96. The Morgan fingerprint density at radius 3 is 2.32 bits per heavy atom. The van der Waals surface area contributed by atoms with Gasteiger partial charge in [0.05, 0.1) is 0 Å². The van der Waals surface area contributed by atoms with E-state index < -0.39 is 5.41 Å². The molecule has 1 aromatic heterocycles. The fraction of sp³-hybridized carbons (Fsp3) is 0.435. The summed E-state index contributed by atoms with van der Waals surface area (Å²) in [6.07, 6.45) is 7.83. The summed E-state index contributed by atoms with van der Waals surface area (Å²) in [5.41, 5.74) is 1.54. The van der Waals surface area contributed by atoms with Crippen LogP contribution >= 0.6 is 0 Å². The van der Waals surface area contributed by atoms with Gasteiger partial charge in [-0.15, -0.1) is 0 Å². The zero-order chi connectivity index (χ0) is 19.4. The third kappa shape index (κ3) is 4.08. The molecule has 5 nitrogen and oxygen atoms in total. The molecule has 1 saturated heterocycles. The third-order valence-corrected chi connectivity index (χ3v) is 6.07. The maximum Gasteiger partial charge on any atom is 0.238 e. The lowest BCUT2D eigenvalue weighted by Crippen LogP contribution is -2.48. The second-order valence-corrected chi connectivity index (χ2v) is 8.05. The van der Waals surface area contributed by atoms with Gasteiger partial charge in [0, 0.05) is 32.0 Å². The van der Waals surface area contributed by atoms with Crippen LogP contribution in [0.25, 0.3) is 0 Å². The number of pyridine rings is 1. The summed E-state index contributed by atoms with van der Waals surface area (Å²) in [5.74, 6) is 0.515. The number of hydrogen-bond acceptors (Lipinski definition) is 3. The number of nitrogens with zero attached hydrogens (tertiary/aromatic N) is 2. The molecule has 2 fully saturated rings. The molecule has 2 amide bonds. The monoisotopic (exact) mass is 377 g/mol. The molecule has 1 saturated carbocycles. The number of hydrogen-bond donors (Lipinski definition) is 1. The van der Waals surface area contributed by atoms with Gasteiger partial charge in [-0.1, -0.05) is 30.3 Å². The summed E-state index contributed by atoms with van der Waals surface area (Å²) in [4.78, 5) is 31.7. The van der Waals surface area contributed by atoms with Crippen molar-refractivity contribution in [2.24, 2.45) is 11.3 Å². The zero-order valence-electron chi connectivity index (χ0n) is 16.1.